The van der Waals surface area contributed by atoms with Crippen LogP contribution in [0, 0.1) is 57.2 Å². The Balaban J connectivity index is 1.29. The normalized spacial score (nSPS) is 41.0. The van der Waals surface area contributed by atoms with E-state index in [1.165, 1.54) is 0 Å². The van der Waals surface area contributed by atoms with E-state index in [1.54, 1.807) is 0 Å². The first kappa shape index (κ1) is 16.8. The molecule has 0 spiro atoms. The molecule has 4 bridgehead atoms. The summed E-state index contributed by atoms with van der Waals surface area (Å²) >= 11 is 0. The minimum atomic E-state index is -1.10. The highest BCUT2D eigenvalue weighted by molar-refractivity contribution is 5.83. The lowest BCUT2D eigenvalue weighted by Crippen LogP contribution is -2.37. The van der Waals surface area contributed by atoms with Crippen molar-refractivity contribution in [1.29, 1.82) is 10.5 Å². The molecule has 0 amide bonds. The second-order valence-electron chi connectivity index (χ2n) is 7.82. The van der Waals surface area contributed by atoms with Crippen molar-refractivity contribution in [2.45, 2.75) is 25.7 Å². The van der Waals surface area contributed by atoms with Crippen molar-refractivity contribution in [3.63, 3.8) is 0 Å². The van der Waals surface area contributed by atoms with Crippen molar-refractivity contribution in [1.82, 2.24) is 0 Å². The number of carbonyl (C=O) groups is 2. The zero-order chi connectivity index (χ0) is 18.4. The highest BCUT2D eigenvalue weighted by Crippen LogP contribution is 2.53. The average molecular weight is 352 g/mol. The molecule has 0 aromatic rings. The van der Waals surface area contributed by atoms with Gasteiger partial charge in [-0.05, 0) is 37.5 Å². The summed E-state index contributed by atoms with van der Waals surface area (Å²) in [6.07, 6.45) is 10.6. The number of allylic oxidation sites excluding steroid dienone is 4. The Morgan fingerprint density at radius 1 is 0.846 bits per heavy atom. The van der Waals surface area contributed by atoms with E-state index in [9.17, 15) is 20.1 Å². The standard InChI is InChI=1S/C20H20N2O4/c21-11-19(9-13-1-3-15(19)7-13)17(23)25-5-6-26-18(24)20(12-22)10-14-2-4-16(20)8-14/h1-4,13-16H,5-10H2. The van der Waals surface area contributed by atoms with E-state index < -0.39 is 22.8 Å². The molecule has 26 heavy (non-hydrogen) atoms. The van der Waals surface area contributed by atoms with Gasteiger partial charge in [-0.2, -0.15) is 10.5 Å². The van der Waals surface area contributed by atoms with Crippen molar-refractivity contribution in [3.8, 4) is 12.1 Å². The quantitative estimate of drug-likeness (QED) is 0.427. The summed E-state index contributed by atoms with van der Waals surface area (Å²) in [6, 6.07) is 4.30. The van der Waals surface area contributed by atoms with Crippen LogP contribution in [0.2, 0.25) is 0 Å². The van der Waals surface area contributed by atoms with Crippen LogP contribution >= 0.6 is 0 Å². The lowest BCUT2D eigenvalue weighted by atomic mass is 9.77. The van der Waals surface area contributed by atoms with Crippen molar-refractivity contribution < 1.29 is 19.1 Å². The first-order valence-corrected chi connectivity index (χ1v) is 9.08. The van der Waals surface area contributed by atoms with Gasteiger partial charge >= 0.3 is 11.9 Å². The fourth-order valence-corrected chi connectivity index (χ4v) is 5.06. The lowest BCUT2D eigenvalue weighted by molar-refractivity contribution is -0.162. The van der Waals surface area contributed by atoms with Crippen molar-refractivity contribution >= 4 is 11.9 Å². The second-order valence-corrected chi connectivity index (χ2v) is 7.82. The molecule has 6 nitrogen and oxygen atoms in total. The fourth-order valence-electron chi connectivity index (χ4n) is 5.06. The number of carbonyl (C=O) groups excluding carboxylic acids is 2. The number of esters is 2. The van der Waals surface area contributed by atoms with Crippen molar-refractivity contribution in [3.05, 3.63) is 24.3 Å². The fraction of sp³-hybridized carbons (Fsp3) is 0.600. The number of hydrogen-bond donors (Lipinski definition) is 0. The Hall–Kier alpha value is -2.60. The Labute approximate surface area is 152 Å². The molecule has 2 saturated carbocycles. The smallest absolute Gasteiger partial charge is 0.327 e. The first-order chi connectivity index (χ1) is 12.5. The molecule has 134 valence electrons. The Kier molecular flexibility index (Phi) is 3.88. The molecule has 2 fully saturated rings. The van der Waals surface area contributed by atoms with E-state index in [-0.39, 0.29) is 36.9 Å². The van der Waals surface area contributed by atoms with Gasteiger partial charge in [0.15, 0.2) is 10.8 Å². The van der Waals surface area contributed by atoms with E-state index in [1.807, 2.05) is 12.2 Å². The number of hydrogen-bond acceptors (Lipinski definition) is 6. The number of fused-ring (bicyclic) bond motifs is 4. The largest absolute Gasteiger partial charge is 0.461 e. The minimum Gasteiger partial charge on any atom is -0.461 e. The lowest BCUT2D eigenvalue weighted by Gasteiger charge is -2.27. The van der Waals surface area contributed by atoms with Crippen LogP contribution in [0.5, 0.6) is 0 Å². The van der Waals surface area contributed by atoms with Crippen LogP contribution in [0.1, 0.15) is 25.7 Å². The Morgan fingerprint density at radius 3 is 1.54 bits per heavy atom. The van der Waals surface area contributed by atoms with Crippen LogP contribution in [0.25, 0.3) is 0 Å². The van der Waals surface area contributed by atoms with Gasteiger partial charge in [0, 0.05) is 11.8 Å². The summed E-state index contributed by atoms with van der Waals surface area (Å²) in [7, 11) is 0. The van der Waals surface area contributed by atoms with Gasteiger partial charge < -0.3 is 9.47 Å². The van der Waals surface area contributed by atoms with E-state index >= 15 is 0 Å². The minimum absolute atomic E-state index is 0.0877. The summed E-state index contributed by atoms with van der Waals surface area (Å²) < 4.78 is 10.5. The molecule has 0 N–H and O–H groups in total. The SMILES string of the molecule is N#CC1(C(=O)OCCOC(=O)C2(C#N)CC3C=CC2C3)CC2C=CC1C2. The van der Waals surface area contributed by atoms with E-state index in [4.69, 9.17) is 9.47 Å². The molecular weight excluding hydrogens is 332 g/mol. The van der Waals surface area contributed by atoms with Gasteiger partial charge in [0.1, 0.15) is 13.2 Å². The maximum atomic E-state index is 12.4. The molecule has 6 atom stereocenters. The van der Waals surface area contributed by atoms with Crippen molar-refractivity contribution in [2.24, 2.45) is 34.5 Å². The predicted molar refractivity (Wildman–Crippen MR) is 88.7 cm³/mol. The maximum Gasteiger partial charge on any atom is 0.327 e. The van der Waals surface area contributed by atoms with Gasteiger partial charge in [-0.3, -0.25) is 9.59 Å². The molecule has 0 heterocycles. The third kappa shape index (κ3) is 2.29. The van der Waals surface area contributed by atoms with E-state index in [2.05, 4.69) is 24.3 Å². The zero-order valence-corrected chi connectivity index (χ0v) is 14.4. The highest BCUT2D eigenvalue weighted by atomic mass is 16.6. The second kappa shape index (κ2) is 5.99. The summed E-state index contributed by atoms with van der Waals surface area (Å²) in [4.78, 5) is 24.9. The predicted octanol–water partition coefficient (Wildman–Crippen LogP) is 2.28. The van der Waals surface area contributed by atoms with Crippen LogP contribution in [0.4, 0.5) is 0 Å². The molecule has 0 radical (unpaired) electrons. The topological polar surface area (TPSA) is 100 Å². The summed E-state index contributed by atoms with van der Waals surface area (Å²) in [6.45, 7) is -0.193. The molecule has 0 aromatic carbocycles. The van der Waals surface area contributed by atoms with E-state index in [0.29, 0.717) is 12.8 Å². The Morgan fingerprint density at radius 2 is 1.27 bits per heavy atom. The molecule has 4 rings (SSSR count). The van der Waals surface area contributed by atoms with Crippen LogP contribution in [0.15, 0.2) is 24.3 Å². The van der Waals surface area contributed by atoms with Crippen molar-refractivity contribution in [2.75, 3.05) is 13.2 Å². The number of nitrogens with zero attached hydrogens (tertiary/aromatic N) is 2. The summed E-state index contributed by atoms with van der Waals surface area (Å²) in [5.74, 6) is -0.709. The molecule has 0 saturated heterocycles. The molecule has 0 aromatic heterocycles. The number of ether oxygens (including phenoxy) is 2. The molecule has 6 heteroatoms. The van der Waals surface area contributed by atoms with Crippen LogP contribution in [-0.2, 0) is 19.1 Å². The monoisotopic (exact) mass is 352 g/mol. The first-order valence-electron chi connectivity index (χ1n) is 9.08. The summed E-state index contributed by atoms with van der Waals surface area (Å²) in [5, 5.41) is 19.0. The van der Waals surface area contributed by atoms with Gasteiger partial charge in [0.2, 0.25) is 0 Å². The zero-order valence-electron chi connectivity index (χ0n) is 14.4. The van der Waals surface area contributed by atoms with Gasteiger partial charge in [0.25, 0.3) is 0 Å². The summed E-state index contributed by atoms with van der Waals surface area (Å²) in [5.41, 5.74) is -2.21. The third-order valence-electron chi connectivity index (χ3n) is 6.46. The van der Waals surface area contributed by atoms with Crippen LogP contribution in [0.3, 0.4) is 0 Å². The van der Waals surface area contributed by atoms with Crippen LogP contribution in [-0.4, -0.2) is 25.2 Å². The molecular formula is C20H20N2O4. The maximum absolute atomic E-state index is 12.4. The molecule has 6 unspecified atom stereocenters. The van der Waals surface area contributed by atoms with Gasteiger partial charge in [-0.25, -0.2) is 0 Å². The van der Waals surface area contributed by atoms with Gasteiger partial charge in [0.05, 0.1) is 12.1 Å². The highest BCUT2D eigenvalue weighted by Gasteiger charge is 2.56. The molecule has 4 aliphatic rings. The number of rotatable bonds is 5. The number of nitriles is 2. The third-order valence-corrected chi connectivity index (χ3v) is 6.46. The molecule has 4 aliphatic carbocycles. The van der Waals surface area contributed by atoms with E-state index in [0.717, 1.165) is 12.8 Å². The average Bonchev–Trinajstić information content (AvgIpc) is 3.44. The van der Waals surface area contributed by atoms with Crippen LogP contribution < -0.4 is 0 Å². The van der Waals surface area contributed by atoms with Gasteiger partial charge in [-0.15, -0.1) is 0 Å². The Bertz CT molecular complexity index is 723. The van der Waals surface area contributed by atoms with Gasteiger partial charge in [-0.1, -0.05) is 24.3 Å². The molecule has 0 aliphatic heterocycles.